The first kappa shape index (κ1) is 19.4. The van der Waals surface area contributed by atoms with Gasteiger partial charge < -0.3 is 14.9 Å². The van der Waals surface area contributed by atoms with Gasteiger partial charge in [-0.1, -0.05) is 13.8 Å². The van der Waals surface area contributed by atoms with Gasteiger partial charge in [0.25, 0.3) is 0 Å². The number of ether oxygens (including phenoxy) is 1. The first-order valence-electron chi connectivity index (χ1n) is 10.8. The molecular weight excluding hydrogens is 344 g/mol. The quantitative estimate of drug-likeness (QED) is 0.787. The van der Waals surface area contributed by atoms with E-state index < -0.39 is 12.1 Å². The first-order chi connectivity index (χ1) is 12.7. The van der Waals surface area contributed by atoms with Crippen molar-refractivity contribution in [2.75, 3.05) is 6.61 Å². The Morgan fingerprint density at radius 1 is 1.19 bits per heavy atom. The Morgan fingerprint density at radius 3 is 2.59 bits per heavy atom. The molecule has 0 aromatic carbocycles. The lowest BCUT2D eigenvalue weighted by molar-refractivity contribution is -0.180. The van der Waals surface area contributed by atoms with E-state index in [2.05, 4.69) is 13.8 Å². The predicted octanol–water partition coefficient (Wildman–Crippen LogP) is 3.28. The average molecular weight is 379 g/mol. The molecule has 4 aliphatic rings. The molecule has 4 fully saturated rings. The molecule has 152 valence electrons. The van der Waals surface area contributed by atoms with Crippen molar-refractivity contribution in [3.8, 4) is 0 Å². The van der Waals surface area contributed by atoms with E-state index >= 15 is 0 Å². The molecule has 0 unspecified atom stereocenters. The molecule has 2 N–H and O–H groups in total. The summed E-state index contributed by atoms with van der Waals surface area (Å²) in [7, 11) is 0. The number of carboxylic acid groups (broad SMARTS) is 1. The molecule has 4 rings (SSSR count). The maximum absolute atomic E-state index is 13.5. The van der Waals surface area contributed by atoms with Crippen molar-refractivity contribution < 1.29 is 24.5 Å². The van der Waals surface area contributed by atoms with E-state index in [4.69, 9.17) is 4.74 Å². The highest BCUT2D eigenvalue weighted by molar-refractivity contribution is 5.85. The molecular formula is C22H34O5. The number of rotatable bonds is 3. The number of hydrogen-bond donors (Lipinski definition) is 2. The van der Waals surface area contributed by atoms with E-state index in [1.165, 1.54) is 0 Å². The summed E-state index contributed by atoms with van der Waals surface area (Å²) in [6.07, 6.45) is 4.90. The van der Waals surface area contributed by atoms with Crippen molar-refractivity contribution in [1.29, 1.82) is 0 Å². The molecule has 0 spiro atoms. The van der Waals surface area contributed by atoms with Crippen molar-refractivity contribution in [3.05, 3.63) is 0 Å². The Bertz CT molecular complexity index is 632. The van der Waals surface area contributed by atoms with Crippen LogP contribution in [0.1, 0.15) is 65.7 Å². The summed E-state index contributed by atoms with van der Waals surface area (Å²) in [4.78, 5) is 25.3. The number of fused-ring (bicyclic) bond motifs is 5. The minimum absolute atomic E-state index is 0.00248. The summed E-state index contributed by atoms with van der Waals surface area (Å²) in [6, 6.07) is 0. The zero-order chi connectivity index (χ0) is 19.6. The molecule has 9 atom stereocenters. The van der Waals surface area contributed by atoms with Crippen LogP contribution < -0.4 is 0 Å². The van der Waals surface area contributed by atoms with E-state index in [1.807, 2.05) is 6.92 Å². The number of carboxylic acids is 1. The third-order valence-corrected chi connectivity index (χ3v) is 9.02. The number of carbonyl (C=O) groups excluding carboxylic acids is 1. The largest absolute Gasteiger partial charge is 0.481 e. The van der Waals surface area contributed by atoms with Crippen LogP contribution in [0.5, 0.6) is 0 Å². The summed E-state index contributed by atoms with van der Waals surface area (Å²) < 4.78 is 5.84. The molecule has 0 amide bonds. The number of ketones is 1. The molecule has 5 heteroatoms. The summed E-state index contributed by atoms with van der Waals surface area (Å²) in [5.74, 6) is 0.125. The highest BCUT2D eigenvalue weighted by Gasteiger charge is 2.65. The molecule has 5 nitrogen and oxygen atoms in total. The van der Waals surface area contributed by atoms with Crippen molar-refractivity contribution in [2.24, 2.45) is 40.4 Å². The first-order valence-corrected chi connectivity index (χ1v) is 10.8. The third kappa shape index (κ3) is 2.71. The molecule has 0 aromatic heterocycles. The van der Waals surface area contributed by atoms with Gasteiger partial charge in [0.15, 0.2) is 0 Å². The van der Waals surface area contributed by atoms with Gasteiger partial charge in [-0.15, -0.1) is 0 Å². The number of aliphatic hydroxyl groups excluding tert-OH is 1. The van der Waals surface area contributed by atoms with Crippen molar-refractivity contribution >= 4 is 11.8 Å². The number of aliphatic carboxylic acids is 1. The van der Waals surface area contributed by atoms with E-state index in [-0.39, 0.29) is 34.6 Å². The molecule has 4 aliphatic carbocycles. The molecule has 4 saturated carbocycles. The lowest BCUT2D eigenvalue weighted by Gasteiger charge is -2.60. The molecule has 27 heavy (non-hydrogen) atoms. The standard InChI is InChI=1S/C22H34O5/c1-4-27-18-11-21(2)12(9-16(18)23)5-6-13-14-7-8-15(20(25)26)22(14,3)10-17(24)19(13)21/h12-16,18-19,23H,4-11H2,1-3H3,(H,25,26)/t12-,13-,14-,15+,16-,18-,19+,21-,22-/m0/s1. The molecule has 0 aliphatic heterocycles. The zero-order valence-electron chi connectivity index (χ0n) is 16.8. The van der Waals surface area contributed by atoms with Gasteiger partial charge in [-0.3, -0.25) is 9.59 Å². The van der Waals surface area contributed by atoms with Crippen molar-refractivity contribution in [3.63, 3.8) is 0 Å². The van der Waals surface area contributed by atoms with Crippen LogP contribution in [0.25, 0.3) is 0 Å². The minimum atomic E-state index is -0.733. The van der Waals surface area contributed by atoms with Gasteiger partial charge in [0.2, 0.25) is 0 Å². The van der Waals surface area contributed by atoms with Gasteiger partial charge in [0.05, 0.1) is 18.1 Å². The van der Waals surface area contributed by atoms with Crippen LogP contribution in [-0.4, -0.2) is 40.8 Å². The van der Waals surface area contributed by atoms with Crippen LogP contribution in [0.4, 0.5) is 0 Å². The molecule has 0 saturated heterocycles. The second-order valence-corrected chi connectivity index (χ2v) is 10.1. The lowest BCUT2D eigenvalue weighted by atomic mass is 9.44. The lowest BCUT2D eigenvalue weighted by Crippen LogP contribution is -2.60. The van der Waals surface area contributed by atoms with Crippen LogP contribution >= 0.6 is 0 Å². The van der Waals surface area contributed by atoms with Gasteiger partial charge in [0, 0.05) is 18.9 Å². The van der Waals surface area contributed by atoms with Crippen LogP contribution in [-0.2, 0) is 14.3 Å². The van der Waals surface area contributed by atoms with Crippen LogP contribution in [0.3, 0.4) is 0 Å². The van der Waals surface area contributed by atoms with Gasteiger partial charge in [-0.25, -0.2) is 0 Å². The fourth-order valence-corrected chi connectivity index (χ4v) is 7.86. The SMILES string of the molecule is CCO[C@H]1C[C@@]2(C)[C@@H](CC[C@H]3[C@@H]4CC[C@H](C(=O)O)[C@@]4(C)CC(=O)[C@@H]32)C[C@@H]1O. The van der Waals surface area contributed by atoms with E-state index in [0.717, 1.165) is 32.1 Å². The topological polar surface area (TPSA) is 83.8 Å². The van der Waals surface area contributed by atoms with Gasteiger partial charge in [-0.05, 0) is 74.0 Å². The van der Waals surface area contributed by atoms with Crippen molar-refractivity contribution in [1.82, 2.24) is 0 Å². The van der Waals surface area contributed by atoms with E-state index in [1.54, 1.807) is 0 Å². The fourth-order valence-electron chi connectivity index (χ4n) is 7.86. The monoisotopic (exact) mass is 378 g/mol. The van der Waals surface area contributed by atoms with Crippen molar-refractivity contribution in [2.45, 2.75) is 77.9 Å². The van der Waals surface area contributed by atoms with E-state index in [9.17, 15) is 19.8 Å². The number of hydrogen-bond acceptors (Lipinski definition) is 4. The zero-order valence-corrected chi connectivity index (χ0v) is 16.8. The second-order valence-electron chi connectivity index (χ2n) is 10.1. The summed E-state index contributed by atoms with van der Waals surface area (Å²) >= 11 is 0. The molecule has 0 heterocycles. The Kier molecular flexibility index (Phi) is 4.70. The summed E-state index contributed by atoms with van der Waals surface area (Å²) in [5.41, 5.74) is -0.525. The fraction of sp³-hybridized carbons (Fsp3) is 0.909. The number of carbonyl (C=O) groups is 2. The maximum atomic E-state index is 13.5. The molecule has 0 radical (unpaired) electrons. The normalized spacial score (nSPS) is 52.0. The minimum Gasteiger partial charge on any atom is -0.481 e. The number of aliphatic hydroxyl groups is 1. The Morgan fingerprint density at radius 2 is 1.93 bits per heavy atom. The van der Waals surface area contributed by atoms with Crippen LogP contribution in [0.2, 0.25) is 0 Å². The second kappa shape index (κ2) is 6.55. The average Bonchev–Trinajstić information content (AvgIpc) is 2.92. The highest BCUT2D eigenvalue weighted by atomic mass is 16.5. The van der Waals surface area contributed by atoms with Gasteiger partial charge in [-0.2, -0.15) is 0 Å². The summed E-state index contributed by atoms with van der Waals surface area (Å²) in [6.45, 7) is 6.83. The van der Waals surface area contributed by atoms with Gasteiger partial charge >= 0.3 is 5.97 Å². The molecule has 0 bridgehead atoms. The van der Waals surface area contributed by atoms with E-state index in [0.29, 0.717) is 37.2 Å². The Hall–Kier alpha value is -0.940. The highest BCUT2D eigenvalue weighted by Crippen LogP contribution is 2.66. The van der Waals surface area contributed by atoms with Crippen LogP contribution in [0, 0.1) is 40.4 Å². The Balaban J connectivity index is 1.66. The maximum Gasteiger partial charge on any atom is 0.307 e. The van der Waals surface area contributed by atoms with Crippen LogP contribution in [0.15, 0.2) is 0 Å². The van der Waals surface area contributed by atoms with Gasteiger partial charge in [0.1, 0.15) is 5.78 Å². The smallest absolute Gasteiger partial charge is 0.307 e. The molecule has 0 aromatic rings. The Labute approximate surface area is 161 Å². The number of Topliss-reactive ketones (excluding diaryl/α,β-unsaturated/α-hetero) is 1. The predicted molar refractivity (Wildman–Crippen MR) is 100 cm³/mol. The summed E-state index contributed by atoms with van der Waals surface area (Å²) in [5, 5.41) is 20.2. The third-order valence-electron chi connectivity index (χ3n) is 9.02.